The van der Waals surface area contributed by atoms with Gasteiger partial charge in [0.05, 0.1) is 39.6 Å². The molecule has 200 valence electrons. The summed E-state index contributed by atoms with van der Waals surface area (Å²) >= 11 is 0. The molecule has 0 spiro atoms. The molecule has 37 heavy (non-hydrogen) atoms. The standard InChI is InChI=1S/C27H31NO4.ClHO4/c1-27(2,3)28-19-16-14-18(15-17-19)24(25-20(29-4)10-8-11-21(25)30-5)26-22(31-6)12-9-13-23(26)32-7;2-1(3,4)5/h8-17H,1-7H3;(H,2,3,4,5). The summed E-state index contributed by atoms with van der Waals surface area (Å²) in [4.78, 5) is 3.51. The quantitative estimate of drug-likeness (QED) is 0.509. The van der Waals surface area contributed by atoms with Crippen molar-refractivity contribution >= 4 is 11.3 Å². The summed E-state index contributed by atoms with van der Waals surface area (Å²) < 4.78 is 57.0. The van der Waals surface area contributed by atoms with Crippen molar-refractivity contribution in [3.8, 4) is 23.0 Å². The fourth-order valence-electron chi connectivity index (χ4n) is 3.76. The van der Waals surface area contributed by atoms with Gasteiger partial charge in [0.25, 0.3) is 0 Å². The van der Waals surface area contributed by atoms with Crippen LogP contribution in [0.3, 0.4) is 0 Å². The van der Waals surface area contributed by atoms with Crippen molar-refractivity contribution in [2.45, 2.75) is 26.3 Å². The van der Waals surface area contributed by atoms with E-state index in [1.807, 2.05) is 36.4 Å². The van der Waals surface area contributed by atoms with Crippen molar-refractivity contribution < 1.29 is 52.8 Å². The Morgan fingerprint density at radius 2 is 0.973 bits per heavy atom. The van der Waals surface area contributed by atoms with Gasteiger partial charge >= 0.3 is 0 Å². The van der Waals surface area contributed by atoms with Crippen LogP contribution in [0.1, 0.15) is 31.9 Å². The first-order chi connectivity index (χ1) is 17.3. The Labute approximate surface area is 219 Å². The number of ether oxygens (including phenoxy) is 4. The fourth-order valence-corrected chi connectivity index (χ4v) is 3.76. The first-order valence-electron chi connectivity index (χ1n) is 11.1. The molecule has 0 aromatic heterocycles. The van der Waals surface area contributed by atoms with Crippen molar-refractivity contribution in [2.75, 3.05) is 28.4 Å². The van der Waals surface area contributed by atoms with Crippen LogP contribution in [0.5, 0.6) is 23.0 Å². The van der Waals surface area contributed by atoms with Gasteiger partial charge in [-0.05, 0) is 62.8 Å². The second-order valence-corrected chi connectivity index (χ2v) is 9.54. The number of hydrogen-bond donors (Lipinski definition) is 1. The number of halogens is 1. The molecule has 0 heterocycles. The zero-order valence-corrected chi connectivity index (χ0v) is 22.7. The number of rotatable bonds is 6. The Morgan fingerprint density at radius 1 is 0.649 bits per heavy atom. The maximum atomic E-state index is 8.49. The lowest BCUT2D eigenvalue weighted by Gasteiger charge is -2.22. The van der Waals surface area contributed by atoms with E-state index in [1.54, 1.807) is 28.4 Å². The third-order valence-corrected chi connectivity index (χ3v) is 5.05. The van der Waals surface area contributed by atoms with Gasteiger partial charge < -0.3 is 18.9 Å². The predicted octanol–water partition coefficient (Wildman–Crippen LogP) is -0.787. The van der Waals surface area contributed by atoms with Crippen LogP contribution < -0.4 is 42.6 Å². The molecular formula is C27H32ClNO8. The maximum Gasteiger partial charge on any atom is 0.198 e. The van der Waals surface area contributed by atoms with Gasteiger partial charge in [-0.1, -0.05) is 12.1 Å². The van der Waals surface area contributed by atoms with Gasteiger partial charge in [-0.25, -0.2) is 23.6 Å². The van der Waals surface area contributed by atoms with Gasteiger partial charge in [0.2, 0.25) is 0 Å². The van der Waals surface area contributed by atoms with Crippen molar-refractivity contribution in [2.24, 2.45) is 0 Å². The lowest BCUT2D eigenvalue weighted by atomic mass is 9.88. The first-order valence-corrected chi connectivity index (χ1v) is 12.4. The van der Waals surface area contributed by atoms with E-state index in [1.165, 1.54) is 0 Å². The zero-order chi connectivity index (χ0) is 27.8. The molecule has 0 unspecified atom stereocenters. The molecule has 2 aromatic rings. The molecule has 3 rings (SSSR count). The molecule has 2 aromatic carbocycles. The van der Waals surface area contributed by atoms with Gasteiger partial charge in [0, 0.05) is 17.7 Å². The molecule has 0 atom stereocenters. The normalized spacial score (nSPS) is 12.9. The molecule has 0 aliphatic heterocycles. The third-order valence-electron chi connectivity index (χ3n) is 5.05. The van der Waals surface area contributed by atoms with Crippen LogP contribution in [0.2, 0.25) is 0 Å². The van der Waals surface area contributed by atoms with Crippen LogP contribution >= 0.6 is 0 Å². The van der Waals surface area contributed by atoms with Crippen LogP contribution in [-0.2, 0) is 0 Å². The molecule has 1 aliphatic rings. The van der Waals surface area contributed by atoms with E-state index in [4.69, 9.17) is 37.6 Å². The highest BCUT2D eigenvalue weighted by Gasteiger charge is 2.26. The highest BCUT2D eigenvalue weighted by atomic mass is 35.7. The Balaban J connectivity index is 0.000000877. The van der Waals surface area contributed by atoms with Crippen LogP contribution in [0.25, 0.3) is 5.57 Å². The van der Waals surface area contributed by atoms with E-state index in [-0.39, 0.29) is 5.54 Å². The molecule has 0 fully saturated rings. The van der Waals surface area contributed by atoms with E-state index in [9.17, 15) is 0 Å². The number of allylic oxidation sites excluding steroid dienone is 5. The van der Waals surface area contributed by atoms with Crippen molar-refractivity contribution in [3.05, 3.63) is 77.4 Å². The molecule has 0 saturated heterocycles. The summed E-state index contributed by atoms with van der Waals surface area (Å²) in [5, 5.41) is 0. The monoisotopic (exact) mass is 533 g/mol. The summed E-state index contributed by atoms with van der Waals surface area (Å²) in [6, 6.07) is 11.5. The van der Waals surface area contributed by atoms with E-state index >= 15 is 0 Å². The molecule has 0 amide bonds. The van der Waals surface area contributed by atoms with Gasteiger partial charge in [0.15, 0.2) is 11.3 Å². The minimum Gasteiger partial charge on any atom is -0.496 e. The zero-order valence-electron chi connectivity index (χ0n) is 21.9. The van der Waals surface area contributed by atoms with Crippen LogP contribution in [0.4, 0.5) is 0 Å². The van der Waals surface area contributed by atoms with E-state index < -0.39 is 10.2 Å². The van der Waals surface area contributed by atoms with E-state index in [0.29, 0.717) is 23.0 Å². The number of methoxy groups -OCH3 is 4. The molecule has 0 radical (unpaired) electrons. The predicted molar refractivity (Wildman–Crippen MR) is 129 cm³/mol. The van der Waals surface area contributed by atoms with Gasteiger partial charge in [-0.15, -0.1) is 10.2 Å². The summed E-state index contributed by atoms with van der Waals surface area (Å²) in [5.74, 6) is 2.79. The number of nitrogens with one attached hydrogen (secondary N) is 1. The van der Waals surface area contributed by atoms with Gasteiger partial charge in [0.1, 0.15) is 23.0 Å². The lowest BCUT2D eigenvalue weighted by molar-refractivity contribution is -2.00. The summed E-state index contributed by atoms with van der Waals surface area (Å²) in [6.45, 7) is 6.41. The first kappa shape index (κ1) is 29.9. The Hall–Kier alpha value is -3.34. The lowest BCUT2D eigenvalue weighted by Crippen LogP contribution is -2.84. The van der Waals surface area contributed by atoms with Crippen molar-refractivity contribution in [3.63, 3.8) is 0 Å². The minimum absolute atomic E-state index is 0.0359. The third kappa shape index (κ3) is 8.63. The molecular weight excluding hydrogens is 502 g/mol. The highest BCUT2D eigenvalue weighted by Crippen LogP contribution is 2.46. The van der Waals surface area contributed by atoms with Crippen LogP contribution in [0.15, 0.2) is 66.3 Å². The molecule has 1 aliphatic carbocycles. The van der Waals surface area contributed by atoms with E-state index in [0.717, 1.165) is 28.0 Å². The minimum atomic E-state index is -4.94. The van der Waals surface area contributed by atoms with Gasteiger partial charge in [-0.3, -0.25) is 0 Å². The van der Waals surface area contributed by atoms with Crippen LogP contribution in [-0.4, -0.2) is 39.7 Å². The molecule has 0 saturated carbocycles. The largest absolute Gasteiger partial charge is 0.496 e. The second kappa shape index (κ2) is 12.8. The summed E-state index contributed by atoms with van der Waals surface area (Å²) in [5.41, 5.74) is 4.55. The fraction of sp³-hybridized carbons (Fsp3) is 0.296. The topological polar surface area (TPSA) is 143 Å². The average Bonchev–Trinajstić information content (AvgIpc) is 2.83. The van der Waals surface area contributed by atoms with E-state index in [2.05, 4.69) is 50.1 Å². The molecule has 10 heteroatoms. The average molecular weight is 534 g/mol. The second-order valence-electron chi connectivity index (χ2n) is 8.78. The Kier molecular flexibility index (Phi) is 10.3. The molecule has 1 N–H and O–H groups in total. The van der Waals surface area contributed by atoms with Crippen molar-refractivity contribution in [1.29, 1.82) is 0 Å². The summed E-state index contributed by atoms with van der Waals surface area (Å²) in [6.07, 6.45) is 8.32. The smallest absolute Gasteiger partial charge is 0.198 e. The SMILES string of the molecule is COc1cccc(OC)c1C(=C1C=CC(=[NH+]C(C)(C)C)C=C1)c1c(OC)cccc1OC.[O-][Cl+3]([O-])([O-])[O-]. The number of benzene rings is 2. The maximum absolute atomic E-state index is 8.49. The van der Waals surface area contributed by atoms with Crippen molar-refractivity contribution in [1.82, 2.24) is 0 Å². The molecule has 0 bridgehead atoms. The van der Waals surface area contributed by atoms with Crippen LogP contribution in [0, 0.1) is 10.2 Å². The Morgan fingerprint density at radius 3 is 1.24 bits per heavy atom. The van der Waals surface area contributed by atoms with Gasteiger partial charge in [-0.2, -0.15) is 0 Å². The molecule has 9 nitrogen and oxygen atoms in total. The summed E-state index contributed by atoms with van der Waals surface area (Å²) in [7, 11) is 1.69. The highest BCUT2D eigenvalue weighted by molar-refractivity contribution is 6.04. The number of hydrogen-bond acceptors (Lipinski definition) is 8. The Bertz CT molecular complexity index is 1080.